The van der Waals surface area contributed by atoms with Crippen molar-refractivity contribution in [2.75, 3.05) is 0 Å². The van der Waals surface area contributed by atoms with E-state index in [0.29, 0.717) is 4.47 Å². The molecule has 3 N–H and O–H groups in total. The molecular formula is C12H16BrClF3NO. The minimum atomic E-state index is -4.43. The van der Waals surface area contributed by atoms with E-state index in [4.69, 9.17) is 5.73 Å². The third-order valence-electron chi connectivity index (χ3n) is 2.68. The molecule has 110 valence electrons. The molecule has 0 saturated heterocycles. The molecule has 0 aliphatic heterocycles. The van der Waals surface area contributed by atoms with Crippen LogP contribution in [0.2, 0.25) is 0 Å². The summed E-state index contributed by atoms with van der Waals surface area (Å²) in [5.41, 5.74) is 5.26. The highest BCUT2D eigenvalue weighted by molar-refractivity contribution is 9.10. The zero-order valence-electron chi connectivity index (χ0n) is 10.4. The number of benzene rings is 1. The highest BCUT2D eigenvalue weighted by atomic mass is 79.9. The van der Waals surface area contributed by atoms with Crippen molar-refractivity contribution in [3.63, 3.8) is 0 Å². The molecule has 0 aliphatic carbocycles. The fourth-order valence-corrected chi connectivity index (χ4v) is 2.09. The van der Waals surface area contributed by atoms with E-state index >= 15 is 0 Å². The maximum atomic E-state index is 12.6. The number of rotatable bonds is 3. The van der Waals surface area contributed by atoms with Crippen LogP contribution in [0.1, 0.15) is 31.0 Å². The number of hydrogen-bond donors (Lipinski definition) is 2. The van der Waals surface area contributed by atoms with Gasteiger partial charge in [0, 0.05) is 4.47 Å². The van der Waals surface area contributed by atoms with Gasteiger partial charge in [-0.1, -0.05) is 29.8 Å². The molecule has 0 unspecified atom stereocenters. The van der Waals surface area contributed by atoms with Crippen LogP contribution in [-0.4, -0.2) is 11.2 Å². The van der Waals surface area contributed by atoms with Gasteiger partial charge in [-0.05, 0) is 29.7 Å². The summed E-state index contributed by atoms with van der Waals surface area (Å²) in [6.07, 6.45) is -5.32. The van der Waals surface area contributed by atoms with E-state index in [1.165, 1.54) is 6.07 Å². The first-order chi connectivity index (χ1) is 8.12. The summed E-state index contributed by atoms with van der Waals surface area (Å²) >= 11 is 3.02. The Morgan fingerprint density at radius 3 is 2.16 bits per heavy atom. The molecule has 0 aromatic heterocycles. The molecule has 0 saturated carbocycles. The summed E-state index contributed by atoms with van der Waals surface area (Å²) < 4.78 is 38.2. The van der Waals surface area contributed by atoms with Crippen molar-refractivity contribution in [3.8, 4) is 0 Å². The SMILES string of the molecule is CC(C)[C@@H](O)[C@@H](N)c1cc(Br)cc(C(F)(F)F)c1.Cl. The van der Waals surface area contributed by atoms with Gasteiger partial charge in [-0.2, -0.15) is 13.2 Å². The predicted octanol–water partition coefficient (Wildman–Crippen LogP) is 3.91. The van der Waals surface area contributed by atoms with Crippen LogP contribution in [0.25, 0.3) is 0 Å². The topological polar surface area (TPSA) is 46.2 Å². The highest BCUT2D eigenvalue weighted by Crippen LogP contribution is 2.34. The fraction of sp³-hybridized carbons (Fsp3) is 0.500. The zero-order chi connectivity index (χ0) is 14.1. The molecule has 1 rings (SSSR count). The van der Waals surface area contributed by atoms with Crippen LogP contribution < -0.4 is 5.73 Å². The number of alkyl halides is 3. The zero-order valence-corrected chi connectivity index (χ0v) is 12.8. The van der Waals surface area contributed by atoms with Crippen LogP contribution in [0.4, 0.5) is 13.2 Å². The second-order valence-corrected chi connectivity index (χ2v) is 5.45. The summed E-state index contributed by atoms with van der Waals surface area (Å²) in [5, 5.41) is 9.81. The first-order valence-electron chi connectivity index (χ1n) is 5.44. The monoisotopic (exact) mass is 361 g/mol. The van der Waals surface area contributed by atoms with Crippen molar-refractivity contribution >= 4 is 28.3 Å². The number of aliphatic hydroxyl groups excluding tert-OH is 1. The molecular weight excluding hydrogens is 346 g/mol. The van der Waals surface area contributed by atoms with Gasteiger partial charge in [-0.15, -0.1) is 12.4 Å². The molecule has 0 heterocycles. The van der Waals surface area contributed by atoms with Gasteiger partial charge < -0.3 is 10.8 Å². The smallest absolute Gasteiger partial charge is 0.391 e. The second kappa shape index (κ2) is 6.92. The Labute approximate surface area is 124 Å². The van der Waals surface area contributed by atoms with E-state index < -0.39 is 23.9 Å². The van der Waals surface area contributed by atoms with Crippen molar-refractivity contribution in [3.05, 3.63) is 33.8 Å². The first-order valence-corrected chi connectivity index (χ1v) is 6.23. The molecule has 1 aromatic rings. The van der Waals surface area contributed by atoms with Crippen LogP contribution in [0.15, 0.2) is 22.7 Å². The molecule has 0 spiro atoms. The van der Waals surface area contributed by atoms with Crippen molar-refractivity contribution in [1.29, 1.82) is 0 Å². The van der Waals surface area contributed by atoms with Gasteiger partial charge in [0.25, 0.3) is 0 Å². The minimum Gasteiger partial charge on any atom is -0.391 e. The van der Waals surface area contributed by atoms with E-state index in [2.05, 4.69) is 15.9 Å². The molecule has 0 bridgehead atoms. The molecule has 0 fully saturated rings. The lowest BCUT2D eigenvalue weighted by Crippen LogP contribution is -2.30. The Bertz CT molecular complexity index is 426. The maximum absolute atomic E-state index is 12.6. The average molecular weight is 363 g/mol. The molecule has 0 aliphatic rings. The number of aliphatic hydroxyl groups is 1. The van der Waals surface area contributed by atoms with Crippen molar-refractivity contribution < 1.29 is 18.3 Å². The maximum Gasteiger partial charge on any atom is 0.416 e. The normalized spacial score (nSPS) is 15.0. The number of nitrogens with two attached hydrogens (primary N) is 1. The van der Waals surface area contributed by atoms with Crippen LogP contribution >= 0.6 is 28.3 Å². The van der Waals surface area contributed by atoms with Gasteiger partial charge in [-0.25, -0.2) is 0 Å². The van der Waals surface area contributed by atoms with Crippen LogP contribution in [0.5, 0.6) is 0 Å². The lowest BCUT2D eigenvalue weighted by molar-refractivity contribution is -0.137. The van der Waals surface area contributed by atoms with Gasteiger partial charge in [0.2, 0.25) is 0 Å². The largest absolute Gasteiger partial charge is 0.416 e. The van der Waals surface area contributed by atoms with E-state index in [1.807, 2.05) is 0 Å². The standard InChI is InChI=1S/C12H15BrF3NO.ClH/c1-6(2)11(18)10(17)7-3-8(12(14,15)16)5-9(13)4-7;/h3-6,10-11,18H,17H2,1-2H3;1H/t10-,11+;/m0./s1. The lowest BCUT2D eigenvalue weighted by Gasteiger charge is -2.23. The third kappa shape index (κ3) is 4.95. The molecule has 2 nitrogen and oxygen atoms in total. The van der Waals surface area contributed by atoms with E-state index in [1.54, 1.807) is 13.8 Å². The van der Waals surface area contributed by atoms with Crippen LogP contribution in [0.3, 0.4) is 0 Å². The second-order valence-electron chi connectivity index (χ2n) is 4.53. The molecule has 1 aromatic carbocycles. The fourth-order valence-electron chi connectivity index (χ4n) is 1.58. The van der Waals surface area contributed by atoms with Crippen LogP contribution in [0, 0.1) is 5.92 Å². The van der Waals surface area contributed by atoms with E-state index in [0.717, 1.165) is 12.1 Å². The molecule has 0 amide bonds. The van der Waals surface area contributed by atoms with Gasteiger partial charge >= 0.3 is 6.18 Å². The highest BCUT2D eigenvalue weighted by Gasteiger charge is 2.32. The number of hydrogen-bond acceptors (Lipinski definition) is 2. The lowest BCUT2D eigenvalue weighted by atomic mass is 9.93. The van der Waals surface area contributed by atoms with Gasteiger partial charge in [0.05, 0.1) is 17.7 Å². The summed E-state index contributed by atoms with van der Waals surface area (Å²) in [6.45, 7) is 3.51. The molecule has 2 atom stereocenters. The summed E-state index contributed by atoms with van der Waals surface area (Å²) in [5.74, 6) is -0.131. The average Bonchev–Trinajstić information content (AvgIpc) is 2.24. The van der Waals surface area contributed by atoms with Gasteiger partial charge in [-0.3, -0.25) is 0 Å². The first kappa shape index (κ1) is 18.7. The Morgan fingerprint density at radius 1 is 1.21 bits per heavy atom. The van der Waals surface area contributed by atoms with E-state index in [-0.39, 0.29) is 23.9 Å². The summed E-state index contributed by atoms with van der Waals surface area (Å²) in [4.78, 5) is 0. The van der Waals surface area contributed by atoms with E-state index in [9.17, 15) is 18.3 Å². The quantitative estimate of drug-likeness (QED) is 0.856. The van der Waals surface area contributed by atoms with Crippen molar-refractivity contribution in [2.45, 2.75) is 32.2 Å². The van der Waals surface area contributed by atoms with Crippen molar-refractivity contribution in [2.24, 2.45) is 11.7 Å². The van der Waals surface area contributed by atoms with Crippen LogP contribution in [-0.2, 0) is 6.18 Å². The molecule has 19 heavy (non-hydrogen) atoms. The van der Waals surface area contributed by atoms with Gasteiger partial charge in [0.15, 0.2) is 0 Å². The van der Waals surface area contributed by atoms with Gasteiger partial charge in [0.1, 0.15) is 0 Å². The Morgan fingerprint density at radius 2 is 1.74 bits per heavy atom. The summed E-state index contributed by atoms with van der Waals surface area (Å²) in [7, 11) is 0. The Balaban J connectivity index is 0.00000324. The Kier molecular flexibility index (Phi) is 6.82. The Hall–Kier alpha value is -0.300. The van der Waals surface area contributed by atoms with Crippen molar-refractivity contribution in [1.82, 2.24) is 0 Å². The molecule has 7 heteroatoms. The predicted molar refractivity (Wildman–Crippen MR) is 74.2 cm³/mol. The third-order valence-corrected chi connectivity index (χ3v) is 3.14. The minimum absolute atomic E-state index is 0. The number of halogens is 5. The molecule has 0 radical (unpaired) electrons. The summed E-state index contributed by atoms with van der Waals surface area (Å²) in [6, 6.07) is 2.61.